The number of sulfonamides is 1. The van der Waals surface area contributed by atoms with Crippen molar-refractivity contribution in [1.82, 2.24) is 0 Å². The lowest BCUT2D eigenvalue weighted by atomic mass is 10.0. The maximum atomic E-state index is 13.6. The molecule has 0 aliphatic heterocycles. The van der Waals surface area contributed by atoms with Crippen molar-refractivity contribution in [3.05, 3.63) is 78.4 Å². The third kappa shape index (κ3) is 5.46. The van der Waals surface area contributed by atoms with E-state index in [1.54, 1.807) is 42.5 Å². The minimum atomic E-state index is -4.07. The van der Waals surface area contributed by atoms with Crippen molar-refractivity contribution in [2.24, 2.45) is 0 Å². The second-order valence-corrected chi connectivity index (χ2v) is 9.51. The summed E-state index contributed by atoms with van der Waals surface area (Å²) in [6.07, 6.45) is 0. The van der Waals surface area contributed by atoms with Gasteiger partial charge in [0.1, 0.15) is 18.0 Å². The van der Waals surface area contributed by atoms with Crippen LogP contribution in [0, 0.1) is 0 Å². The van der Waals surface area contributed by atoms with Gasteiger partial charge in [0.2, 0.25) is 5.91 Å². The molecule has 1 amide bonds. The Kier molecular flexibility index (Phi) is 7.60. The van der Waals surface area contributed by atoms with Crippen LogP contribution in [-0.2, 0) is 14.8 Å². The fourth-order valence-corrected chi connectivity index (χ4v) is 4.90. The topological polar surface area (TPSA) is 84.9 Å². The zero-order valence-electron chi connectivity index (χ0n) is 19.1. The number of hydrogen-bond donors (Lipinski definition) is 1. The first-order valence-electron chi connectivity index (χ1n) is 10.5. The number of ether oxygens (including phenoxy) is 2. The van der Waals surface area contributed by atoms with Crippen LogP contribution in [0.5, 0.6) is 11.5 Å². The summed E-state index contributed by atoms with van der Waals surface area (Å²) >= 11 is 0. The van der Waals surface area contributed by atoms with Crippen LogP contribution in [0.25, 0.3) is 0 Å². The second kappa shape index (κ2) is 10.4. The molecule has 8 heteroatoms. The number of nitrogens with zero attached hydrogens (tertiary/aromatic N) is 1. The van der Waals surface area contributed by atoms with Crippen LogP contribution in [0.2, 0.25) is 0 Å². The van der Waals surface area contributed by atoms with Crippen molar-refractivity contribution in [1.29, 1.82) is 0 Å². The molecular formula is C25H28N2O5S. The SMILES string of the molecule is COc1ccc(N(CC(=O)Nc2ccccc2C(C)C)S(=O)(=O)c2ccccc2)c(OC)c1. The molecule has 0 unspecified atom stereocenters. The highest BCUT2D eigenvalue weighted by atomic mass is 32.2. The van der Waals surface area contributed by atoms with E-state index in [1.807, 2.05) is 32.0 Å². The standard InChI is InChI=1S/C25H28N2O5S/c1-18(2)21-12-8-9-13-22(21)26-25(28)17-27(33(29,30)20-10-6-5-7-11-20)23-15-14-19(31-3)16-24(23)32-4/h5-16,18H,17H2,1-4H3,(H,26,28). The summed E-state index contributed by atoms with van der Waals surface area (Å²) in [7, 11) is -1.13. The van der Waals surface area contributed by atoms with Crippen LogP contribution in [0.1, 0.15) is 25.3 Å². The molecule has 0 saturated carbocycles. The number of nitrogens with one attached hydrogen (secondary N) is 1. The first-order chi connectivity index (χ1) is 15.8. The Morgan fingerprint density at radius 1 is 0.939 bits per heavy atom. The van der Waals surface area contributed by atoms with Gasteiger partial charge in [0.05, 0.1) is 24.8 Å². The number of carbonyl (C=O) groups is 1. The van der Waals surface area contributed by atoms with Gasteiger partial charge in [-0.2, -0.15) is 0 Å². The van der Waals surface area contributed by atoms with Crippen LogP contribution in [0.4, 0.5) is 11.4 Å². The summed E-state index contributed by atoms with van der Waals surface area (Å²) in [5.74, 6) is 0.486. The second-order valence-electron chi connectivity index (χ2n) is 7.65. The third-order valence-corrected chi connectivity index (χ3v) is 6.90. The van der Waals surface area contributed by atoms with E-state index in [0.29, 0.717) is 11.4 Å². The van der Waals surface area contributed by atoms with Gasteiger partial charge in [-0.1, -0.05) is 50.2 Å². The molecule has 3 aromatic rings. The predicted molar refractivity (Wildman–Crippen MR) is 130 cm³/mol. The number of para-hydroxylation sites is 1. The summed E-state index contributed by atoms with van der Waals surface area (Å²) in [5.41, 5.74) is 1.84. The van der Waals surface area contributed by atoms with Crippen molar-refractivity contribution in [3.63, 3.8) is 0 Å². The molecule has 0 aromatic heterocycles. The lowest BCUT2D eigenvalue weighted by Gasteiger charge is -2.26. The molecule has 7 nitrogen and oxygen atoms in total. The quantitative estimate of drug-likeness (QED) is 0.494. The number of amides is 1. The first-order valence-corrected chi connectivity index (χ1v) is 11.9. The zero-order chi connectivity index (χ0) is 24.0. The van der Waals surface area contributed by atoms with E-state index in [1.165, 1.54) is 26.4 Å². The molecule has 0 bridgehead atoms. The summed E-state index contributed by atoms with van der Waals surface area (Å²) in [5, 5.41) is 2.87. The van der Waals surface area contributed by atoms with Crippen LogP contribution >= 0.6 is 0 Å². The maximum absolute atomic E-state index is 13.6. The Labute approximate surface area is 195 Å². The van der Waals surface area contributed by atoms with Crippen molar-refractivity contribution in [2.75, 3.05) is 30.4 Å². The first kappa shape index (κ1) is 24.1. The van der Waals surface area contributed by atoms with E-state index in [0.717, 1.165) is 9.87 Å². The van der Waals surface area contributed by atoms with E-state index in [9.17, 15) is 13.2 Å². The molecule has 3 rings (SSSR count). The molecule has 0 radical (unpaired) electrons. The average molecular weight is 469 g/mol. The Morgan fingerprint density at radius 3 is 2.24 bits per heavy atom. The normalized spacial score (nSPS) is 11.2. The van der Waals surface area contributed by atoms with E-state index in [2.05, 4.69) is 5.32 Å². The van der Waals surface area contributed by atoms with Crippen LogP contribution in [0.15, 0.2) is 77.7 Å². The largest absolute Gasteiger partial charge is 0.497 e. The summed E-state index contributed by atoms with van der Waals surface area (Å²) in [4.78, 5) is 13.2. The fraction of sp³-hybridized carbons (Fsp3) is 0.240. The average Bonchev–Trinajstić information content (AvgIpc) is 2.82. The number of anilines is 2. The number of hydrogen-bond acceptors (Lipinski definition) is 5. The van der Waals surface area contributed by atoms with Crippen LogP contribution in [-0.4, -0.2) is 35.1 Å². The van der Waals surface area contributed by atoms with E-state index < -0.39 is 22.5 Å². The van der Waals surface area contributed by atoms with Gasteiger partial charge < -0.3 is 14.8 Å². The van der Waals surface area contributed by atoms with E-state index in [4.69, 9.17) is 9.47 Å². The number of benzene rings is 3. The van der Waals surface area contributed by atoms with Crippen LogP contribution < -0.4 is 19.1 Å². The maximum Gasteiger partial charge on any atom is 0.264 e. The molecule has 0 aliphatic rings. The van der Waals surface area contributed by atoms with Crippen molar-refractivity contribution < 1.29 is 22.7 Å². The Morgan fingerprint density at radius 2 is 1.61 bits per heavy atom. The molecule has 0 fully saturated rings. The van der Waals surface area contributed by atoms with Crippen molar-refractivity contribution >= 4 is 27.3 Å². The number of carbonyl (C=O) groups excluding carboxylic acids is 1. The predicted octanol–water partition coefficient (Wildman–Crippen LogP) is 4.66. The molecule has 174 valence electrons. The summed E-state index contributed by atoms with van der Waals surface area (Å²) in [6, 6.07) is 20.2. The van der Waals surface area contributed by atoms with Crippen LogP contribution in [0.3, 0.4) is 0 Å². The molecule has 0 saturated heterocycles. The van der Waals surface area contributed by atoms with Gasteiger partial charge in [-0.05, 0) is 41.8 Å². The van der Waals surface area contributed by atoms with Gasteiger partial charge in [-0.25, -0.2) is 8.42 Å². The minimum absolute atomic E-state index is 0.0678. The van der Waals surface area contributed by atoms with Gasteiger partial charge in [-0.15, -0.1) is 0 Å². The molecule has 0 spiro atoms. The molecule has 1 N–H and O–H groups in total. The highest BCUT2D eigenvalue weighted by Crippen LogP contribution is 2.35. The Hall–Kier alpha value is -3.52. The third-order valence-electron chi connectivity index (χ3n) is 5.13. The molecular weight excluding hydrogens is 440 g/mol. The number of methoxy groups -OCH3 is 2. The molecule has 0 aliphatic carbocycles. The lowest BCUT2D eigenvalue weighted by molar-refractivity contribution is -0.114. The minimum Gasteiger partial charge on any atom is -0.497 e. The summed E-state index contributed by atoms with van der Waals surface area (Å²) in [6.45, 7) is 3.62. The number of rotatable bonds is 9. The molecule has 0 heterocycles. The smallest absolute Gasteiger partial charge is 0.264 e. The fourth-order valence-electron chi connectivity index (χ4n) is 3.44. The monoisotopic (exact) mass is 468 g/mol. The van der Waals surface area contributed by atoms with Crippen molar-refractivity contribution in [2.45, 2.75) is 24.7 Å². The summed E-state index contributed by atoms with van der Waals surface area (Å²) < 4.78 is 38.9. The van der Waals surface area contributed by atoms with Gasteiger partial charge >= 0.3 is 0 Å². The molecule has 3 aromatic carbocycles. The molecule has 0 atom stereocenters. The van der Waals surface area contributed by atoms with Crippen molar-refractivity contribution in [3.8, 4) is 11.5 Å². The van der Waals surface area contributed by atoms with E-state index >= 15 is 0 Å². The van der Waals surface area contributed by atoms with Gasteiger partial charge in [-0.3, -0.25) is 9.10 Å². The molecule has 33 heavy (non-hydrogen) atoms. The van der Waals surface area contributed by atoms with Gasteiger partial charge in [0.25, 0.3) is 10.0 Å². The Bertz CT molecular complexity index is 1210. The zero-order valence-corrected chi connectivity index (χ0v) is 19.9. The van der Waals surface area contributed by atoms with Gasteiger partial charge in [0, 0.05) is 11.8 Å². The highest BCUT2D eigenvalue weighted by Gasteiger charge is 2.30. The Balaban J connectivity index is 2.03. The van der Waals surface area contributed by atoms with Gasteiger partial charge in [0.15, 0.2) is 0 Å². The lowest BCUT2D eigenvalue weighted by Crippen LogP contribution is -2.38. The van der Waals surface area contributed by atoms with E-state index in [-0.39, 0.29) is 22.3 Å². The highest BCUT2D eigenvalue weighted by molar-refractivity contribution is 7.92.